The SMILES string of the molecule is CN=C(NCCCN1CCC(C)CC1)NC1CCN(c2ccccc2)C1. The van der Waals surface area contributed by atoms with Crippen molar-refractivity contribution in [2.45, 2.75) is 38.6 Å². The first-order chi connectivity index (χ1) is 12.7. The van der Waals surface area contributed by atoms with E-state index in [1.54, 1.807) is 0 Å². The third kappa shape index (κ3) is 5.63. The Morgan fingerprint density at radius 3 is 2.62 bits per heavy atom. The van der Waals surface area contributed by atoms with Crippen LogP contribution in [0.1, 0.15) is 32.6 Å². The molecule has 2 heterocycles. The molecule has 0 radical (unpaired) electrons. The highest BCUT2D eigenvalue weighted by atomic mass is 15.2. The smallest absolute Gasteiger partial charge is 0.191 e. The fraction of sp³-hybridized carbons (Fsp3) is 0.667. The van der Waals surface area contributed by atoms with Crippen LogP contribution in [0.3, 0.4) is 0 Å². The molecule has 1 atom stereocenters. The third-order valence-electron chi connectivity index (χ3n) is 5.69. The normalized spacial score (nSPS) is 22.6. The quantitative estimate of drug-likeness (QED) is 0.466. The van der Waals surface area contributed by atoms with Crippen LogP contribution in [-0.2, 0) is 0 Å². The molecule has 2 fully saturated rings. The lowest BCUT2D eigenvalue weighted by Crippen LogP contribution is -2.45. The summed E-state index contributed by atoms with van der Waals surface area (Å²) in [5.41, 5.74) is 1.32. The molecule has 2 aliphatic rings. The van der Waals surface area contributed by atoms with Crippen LogP contribution in [0.15, 0.2) is 35.3 Å². The number of hydrogen-bond donors (Lipinski definition) is 2. The molecular formula is C21H35N5. The van der Waals surface area contributed by atoms with Crippen molar-refractivity contribution >= 4 is 11.6 Å². The van der Waals surface area contributed by atoms with Gasteiger partial charge in [0.15, 0.2) is 5.96 Å². The number of aliphatic imine (C=N–C) groups is 1. The molecule has 2 saturated heterocycles. The summed E-state index contributed by atoms with van der Waals surface area (Å²) < 4.78 is 0. The van der Waals surface area contributed by atoms with Crippen molar-refractivity contribution in [1.29, 1.82) is 0 Å². The summed E-state index contributed by atoms with van der Waals surface area (Å²) in [6, 6.07) is 11.1. The van der Waals surface area contributed by atoms with Gasteiger partial charge in [0.25, 0.3) is 0 Å². The standard InChI is InChI=1S/C21H35N5/c1-18-9-14-25(15-10-18)13-6-12-23-21(22-2)24-19-11-16-26(17-19)20-7-4-3-5-8-20/h3-5,7-8,18-19H,6,9-17H2,1-2H3,(H2,22,23,24). The molecule has 0 saturated carbocycles. The number of hydrogen-bond acceptors (Lipinski definition) is 3. The Morgan fingerprint density at radius 1 is 1.12 bits per heavy atom. The van der Waals surface area contributed by atoms with E-state index in [-0.39, 0.29) is 0 Å². The molecule has 5 nitrogen and oxygen atoms in total. The molecule has 2 N–H and O–H groups in total. The molecule has 26 heavy (non-hydrogen) atoms. The van der Waals surface area contributed by atoms with Crippen LogP contribution >= 0.6 is 0 Å². The van der Waals surface area contributed by atoms with E-state index >= 15 is 0 Å². The summed E-state index contributed by atoms with van der Waals surface area (Å²) in [6.07, 6.45) is 5.05. The number of nitrogens with zero attached hydrogens (tertiary/aromatic N) is 3. The Hall–Kier alpha value is -1.75. The van der Waals surface area contributed by atoms with Gasteiger partial charge >= 0.3 is 0 Å². The van der Waals surface area contributed by atoms with E-state index < -0.39 is 0 Å². The number of anilines is 1. The summed E-state index contributed by atoms with van der Waals surface area (Å²) in [4.78, 5) is 9.46. The molecule has 144 valence electrons. The molecule has 0 spiro atoms. The first kappa shape index (κ1) is 19.0. The third-order valence-corrected chi connectivity index (χ3v) is 5.69. The van der Waals surface area contributed by atoms with E-state index in [4.69, 9.17) is 0 Å². The van der Waals surface area contributed by atoms with Gasteiger partial charge in [-0.2, -0.15) is 0 Å². The Kier molecular flexibility index (Phi) is 7.18. The zero-order valence-corrected chi connectivity index (χ0v) is 16.5. The van der Waals surface area contributed by atoms with Gasteiger partial charge in [0.05, 0.1) is 0 Å². The lowest BCUT2D eigenvalue weighted by atomic mass is 9.99. The van der Waals surface area contributed by atoms with E-state index in [1.165, 1.54) is 44.6 Å². The number of piperidine rings is 1. The van der Waals surface area contributed by atoms with Crippen LogP contribution in [0.25, 0.3) is 0 Å². The summed E-state index contributed by atoms with van der Waals surface area (Å²) in [5, 5.41) is 7.09. The molecule has 3 rings (SSSR count). The number of para-hydroxylation sites is 1. The van der Waals surface area contributed by atoms with Gasteiger partial charge in [-0.1, -0.05) is 25.1 Å². The van der Waals surface area contributed by atoms with Gasteiger partial charge in [-0.05, 0) is 63.4 Å². The fourth-order valence-electron chi connectivity index (χ4n) is 3.93. The molecule has 2 aliphatic heterocycles. The second kappa shape index (κ2) is 9.81. The predicted molar refractivity (Wildman–Crippen MR) is 111 cm³/mol. The lowest BCUT2D eigenvalue weighted by Gasteiger charge is -2.30. The van der Waals surface area contributed by atoms with Crippen molar-refractivity contribution in [2.75, 3.05) is 51.2 Å². The van der Waals surface area contributed by atoms with Gasteiger partial charge in [-0.25, -0.2) is 0 Å². The maximum atomic E-state index is 4.41. The maximum absolute atomic E-state index is 4.41. The van der Waals surface area contributed by atoms with E-state index in [0.717, 1.165) is 37.9 Å². The monoisotopic (exact) mass is 357 g/mol. The number of likely N-dealkylation sites (tertiary alicyclic amines) is 1. The highest BCUT2D eigenvalue weighted by Crippen LogP contribution is 2.19. The van der Waals surface area contributed by atoms with Crippen LogP contribution in [0.5, 0.6) is 0 Å². The Morgan fingerprint density at radius 2 is 1.88 bits per heavy atom. The fourth-order valence-corrected chi connectivity index (χ4v) is 3.93. The van der Waals surface area contributed by atoms with Crippen LogP contribution in [0.2, 0.25) is 0 Å². The van der Waals surface area contributed by atoms with E-state index in [2.05, 4.69) is 62.7 Å². The molecule has 0 bridgehead atoms. The largest absolute Gasteiger partial charge is 0.369 e. The zero-order chi connectivity index (χ0) is 18.2. The Bertz CT molecular complexity index is 551. The Labute approximate surface area is 158 Å². The first-order valence-electron chi connectivity index (χ1n) is 10.2. The molecule has 1 unspecified atom stereocenters. The minimum atomic E-state index is 0.463. The van der Waals surface area contributed by atoms with Gasteiger partial charge in [0.2, 0.25) is 0 Å². The predicted octanol–water partition coefficient (Wildman–Crippen LogP) is 2.55. The zero-order valence-electron chi connectivity index (χ0n) is 16.5. The second-order valence-corrected chi connectivity index (χ2v) is 7.79. The summed E-state index contributed by atoms with van der Waals surface area (Å²) in [7, 11) is 1.87. The average Bonchev–Trinajstić information content (AvgIpc) is 3.15. The summed E-state index contributed by atoms with van der Waals surface area (Å²) in [5.74, 6) is 1.85. The molecule has 5 heteroatoms. The molecule has 1 aromatic carbocycles. The van der Waals surface area contributed by atoms with Crippen LogP contribution in [0, 0.1) is 5.92 Å². The van der Waals surface area contributed by atoms with Gasteiger partial charge in [0, 0.05) is 38.4 Å². The van der Waals surface area contributed by atoms with Crippen LogP contribution in [0.4, 0.5) is 5.69 Å². The van der Waals surface area contributed by atoms with Crippen molar-refractivity contribution in [1.82, 2.24) is 15.5 Å². The lowest BCUT2D eigenvalue weighted by molar-refractivity contribution is 0.191. The molecule has 0 aromatic heterocycles. The van der Waals surface area contributed by atoms with Crippen molar-refractivity contribution in [3.8, 4) is 0 Å². The van der Waals surface area contributed by atoms with E-state index in [0.29, 0.717) is 6.04 Å². The van der Waals surface area contributed by atoms with E-state index in [1.807, 2.05) is 7.05 Å². The van der Waals surface area contributed by atoms with Gasteiger partial charge < -0.3 is 20.4 Å². The maximum Gasteiger partial charge on any atom is 0.191 e. The molecule has 0 aliphatic carbocycles. The van der Waals surface area contributed by atoms with Crippen molar-refractivity contribution in [3.63, 3.8) is 0 Å². The van der Waals surface area contributed by atoms with Crippen molar-refractivity contribution in [2.24, 2.45) is 10.9 Å². The molecule has 0 amide bonds. The number of nitrogens with one attached hydrogen (secondary N) is 2. The topological polar surface area (TPSA) is 42.9 Å². The van der Waals surface area contributed by atoms with Crippen LogP contribution in [-0.4, -0.2) is 63.2 Å². The molecule has 1 aromatic rings. The Balaban J connectivity index is 1.33. The minimum Gasteiger partial charge on any atom is -0.369 e. The number of benzene rings is 1. The van der Waals surface area contributed by atoms with Gasteiger partial charge in [0.1, 0.15) is 0 Å². The highest BCUT2D eigenvalue weighted by Gasteiger charge is 2.23. The minimum absolute atomic E-state index is 0.463. The first-order valence-corrected chi connectivity index (χ1v) is 10.2. The highest BCUT2D eigenvalue weighted by molar-refractivity contribution is 5.80. The average molecular weight is 358 g/mol. The van der Waals surface area contributed by atoms with Gasteiger partial charge in [-0.3, -0.25) is 4.99 Å². The van der Waals surface area contributed by atoms with Crippen LogP contribution < -0.4 is 15.5 Å². The van der Waals surface area contributed by atoms with Crippen molar-refractivity contribution in [3.05, 3.63) is 30.3 Å². The van der Waals surface area contributed by atoms with Gasteiger partial charge in [-0.15, -0.1) is 0 Å². The summed E-state index contributed by atoms with van der Waals surface area (Å²) >= 11 is 0. The molecular weight excluding hydrogens is 322 g/mol. The number of guanidine groups is 1. The van der Waals surface area contributed by atoms with E-state index in [9.17, 15) is 0 Å². The van der Waals surface area contributed by atoms with Crippen molar-refractivity contribution < 1.29 is 0 Å². The summed E-state index contributed by atoms with van der Waals surface area (Å²) in [6.45, 7) is 9.24. The second-order valence-electron chi connectivity index (χ2n) is 7.79. The number of rotatable bonds is 6.